The first-order chi connectivity index (χ1) is 5.24. The highest BCUT2D eigenvalue weighted by molar-refractivity contribution is 5.71. The van der Waals surface area contributed by atoms with E-state index in [2.05, 4.69) is 0 Å². The fraction of sp³-hybridized carbons (Fsp3) is 0. The molecular weight excluding hydrogens is 152 g/mol. The van der Waals surface area contributed by atoms with Crippen LogP contribution in [0.15, 0.2) is 18.2 Å². The fourth-order valence-electron chi connectivity index (χ4n) is 0.646. The minimum Gasteiger partial charge on any atom is -0.315 e. The van der Waals surface area contributed by atoms with Crippen molar-refractivity contribution in [3.63, 3.8) is 0 Å². The van der Waals surface area contributed by atoms with E-state index in [0.29, 0.717) is 6.07 Å². The number of anilines is 1. The maximum Gasteiger partial charge on any atom is 0.314 e. The van der Waals surface area contributed by atoms with Crippen LogP contribution >= 0.6 is 0 Å². The first kappa shape index (κ1) is 7.65. The normalized spacial score (nSPS) is 9.27. The van der Waals surface area contributed by atoms with Crippen molar-refractivity contribution in [1.82, 2.24) is 0 Å². The molecule has 1 rings (SSSR count). The molecule has 0 aliphatic rings. The minimum atomic E-state index is -0.812. The van der Waals surface area contributed by atoms with Crippen LogP contribution in [0.1, 0.15) is 0 Å². The highest BCUT2D eigenvalue weighted by Crippen LogP contribution is 2.13. The Morgan fingerprint density at radius 1 is 1.36 bits per heavy atom. The van der Waals surface area contributed by atoms with Crippen LogP contribution in [0.4, 0.5) is 14.5 Å². The molecule has 0 aromatic heterocycles. The Balaban J connectivity index is 2.98. The second-order valence-corrected chi connectivity index (χ2v) is 1.85. The zero-order chi connectivity index (χ0) is 8.27. The van der Waals surface area contributed by atoms with Gasteiger partial charge < -0.3 is 5.32 Å². The molecule has 0 fully saturated rings. The average molecular weight is 156 g/mol. The van der Waals surface area contributed by atoms with Crippen LogP contribution in [0.25, 0.3) is 0 Å². The van der Waals surface area contributed by atoms with Crippen LogP contribution in [0, 0.1) is 11.6 Å². The predicted molar refractivity (Wildman–Crippen MR) is 35.7 cm³/mol. The van der Waals surface area contributed by atoms with Crippen LogP contribution in [-0.4, -0.2) is 6.41 Å². The first-order valence-corrected chi connectivity index (χ1v) is 2.82. The number of hydrogen-bond acceptors (Lipinski definition) is 1. The molecule has 0 heterocycles. The molecule has 1 amide bonds. The summed E-state index contributed by atoms with van der Waals surface area (Å²) in [7, 11) is 0. The second-order valence-electron chi connectivity index (χ2n) is 1.85. The van der Waals surface area contributed by atoms with Gasteiger partial charge in [0.15, 0.2) is 0 Å². The van der Waals surface area contributed by atoms with Gasteiger partial charge in [0.2, 0.25) is 0 Å². The van der Waals surface area contributed by atoms with Gasteiger partial charge in [-0.25, -0.2) is 8.78 Å². The monoisotopic (exact) mass is 156 g/mol. The van der Waals surface area contributed by atoms with Crippen molar-refractivity contribution in [2.75, 3.05) is 5.32 Å². The van der Waals surface area contributed by atoms with Gasteiger partial charge in [0.1, 0.15) is 11.6 Å². The number of hydrogen-bond donors (Lipinski definition) is 1. The molecule has 4 heteroatoms. The van der Waals surface area contributed by atoms with Crippen LogP contribution in [0.5, 0.6) is 0 Å². The quantitative estimate of drug-likeness (QED) is 0.645. The highest BCUT2D eigenvalue weighted by Gasteiger charge is 2.01. The average Bonchev–Trinajstić information content (AvgIpc) is 1.95. The Bertz CT molecular complexity index is 275. The lowest BCUT2D eigenvalue weighted by atomic mass is 10.3. The van der Waals surface area contributed by atoms with E-state index in [4.69, 9.17) is 0 Å². The van der Waals surface area contributed by atoms with E-state index in [1.165, 1.54) is 6.41 Å². The number of nitrogens with one attached hydrogen (secondary N) is 1. The molecule has 0 saturated heterocycles. The fourth-order valence-corrected chi connectivity index (χ4v) is 0.646. The molecule has 1 aromatic carbocycles. The van der Waals surface area contributed by atoms with E-state index in [-0.39, 0.29) is 5.69 Å². The standard InChI is InChI=1S/C7H4F2NO/c8-5-1-2-7(10-4-11)6(9)3-5/h1-3H,(H,10,11). The Hall–Kier alpha value is -1.45. The van der Waals surface area contributed by atoms with Gasteiger partial charge in [0.25, 0.3) is 0 Å². The molecular formula is C7H4F2NO. The second kappa shape index (κ2) is 3.09. The lowest BCUT2D eigenvalue weighted by Crippen LogP contribution is -1.96. The molecule has 0 unspecified atom stereocenters. The molecule has 0 aliphatic heterocycles. The van der Waals surface area contributed by atoms with Gasteiger partial charge >= 0.3 is 6.41 Å². The molecule has 0 bridgehead atoms. The van der Waals surface area contributed by atoms with Crippen molar-refractivity contribution >= 4 is 12.1 Å². The Kier molecular flexibility index (Phi) is 2.15. The summed E-state index contributed by atoms with van der Waals surface area (Å²) in [5, 5.41) is 1.96. The van der Waals surface area contributed by atoms with Crippen molar-refractivity contribution < 1.29 is 13.6 Å². The maximum atomic E-state index is 12.6. The summed E-state index contributed by atoms with van der Waals surface area (Å²) in [4.78, 5) is 9.71. The summed E-state index contributed by atoms with van der Waals surface area (Å²) in [5.74, 6) is -1.49. The Labute approximate surface area is 61.8 Å². The van der Waals surface area contributed by atoms with Crippen LogP contribution in [0.3, 0.4) is 0 Å². The smallest absolute Gasteiger partial charge is 0.314 e. The summed E-state index contributed by atoms with van der Waals surface area (Å²) < 4.78 is 24.8. The van der Waals surface area contributed by atoms with Gasteiger partial charge in [-0.2, -0.15) is 0 Å². The lowest BCUT2D eigenvalue weighted by molar-refractivity contribution is 0.558. The Morgan fingerprint density at radius 3 is 2.64 bits per heavy atom. The number of halogens is 2. The van der Waals surface area contributed by atoms with E-state index in [9.17, 15) is 13.6 Å². The first-order valence-electron chi connectivity index (χ1n) is 2.82. The summed E-state index contributed by atoms with van der Waals surface area (Å²) in [6.07, 6.45) is 1.28. The molecule has 1 N–H and O–H groups in total. The van der Waals surface area contributed by atoms with Crippen molar-refractivity contribution in [1.29, 1.82) is 0 Å². The maximum absolute atomic E-state index is 12.6. The van der Waals surface area contributed by atoms with Crippen molar-refractivity contribution in [2.45, 2.75) is 0 Å². The zero-order valence-electron chi connectivity index (χ0n) is 5.40. The number of benzene rings is 1. The molecule has 0 spiro atoms. The van der Waals surface area contributed by atoms with Gasteiger partial charge in [0.05, 0.1) is 5.69 Å². The summed E-state index contributed by atoms with van der Waals surface area (Å²) in [6, 6.07) is 2.85. The van der Waals surface area contributed by atoms with Gasteiger partial charge in [-0.3, -0.25) is 4.79 Å². The van der Waals surface area contributed by atoms with E-state index >= 15 is 0 Å². The van der Waals surface area contributed by atoms with Crippen molar-refractivity contribution in [3.8, 4) is 0 Å². The predicted octanol–water partition coefficient (Wildman–Crippen LogP) is 1.44. The minimum absolute atomic E-state index is 0.0820. The number of amides is 1. The molecule has 0 atom stereocenters. The molecule has 0 saturated carbocycles. The third-order valence-corrected chi connectivity index (χ3v) is 1.12. The Morgan fingerprint density at radius 2 is 2.09 bits per heavy atom. The number of carbonyl (C=O) groups excluding carboxylic acids is 1. The van der Waals surface area contributed by atoms with Crippen LogP contribution < -0.4 is 5.32 Å². The van der Waals surface area contributed by atoms with Gasteiger partial charge in [0, 0.05) is 6.07 Å². The van der Waals surface area contributed by atoms with Crippen LogP contribution in [-0.2, 0) is 4.79 Å². The third kappa shape index (κ3) is 1.73. The molecule has 1 radical (unpaired) electrons. The molecule has 11 heavy (non-hydrogen) atoms. The van der Waals surface area contributed by atoms with Gasteiger partial charge in [-0.15, -0.1) is 0 Å². The van der Waals surface area contributed by atoms with E-state index in [0.717, 1.165) is 12.1 Å². The largest absolute Gasteiger partial charge is 0.315 e. The van der Waals surface area contributed by atoms with Crippen molar-refractivity contribution in [3.05, 3.63) is 29.8 Å². The van der Waals surface area contributed by atoms with E-state index in [1.54, 1.807) is 0 Å². The molecule has 57 valence electrons. The number of rotatable bonds is 2. The molecule has 1 aromatic rings. The highest BCUT2D eigenvalue weighted by atomic mass is 19.1. The lowest BCUT2D eigenvalue weighted by Gasteiger charge is -1.97. The zero-order valence-corrected chi connectivity index (χ0v) is 5.40. The SMILES string of the molecule is O=[C]Nc1ccc(F)cc1F. The van der Waals surface area contributed by atoms with E-state index < -0.39 is 11.6 Å². The van der Waals surface area contributed by atoms with Crippen LogP contribution in [0.2, 0.25) is 0 Å². The molecule has 2 nitrogen and oxygen atoms in total. The van der Waals surface area contributed by atoms with Gasteiger partial charge in [-0.05, 0) is 12.1 Å². The third-order valence-electron chi connectivity index (χ3n) is 1.12. The summed E-state index contributed by atoms with van der Waals surface area (Å²) in [6.45, 7) is 0. The molecule has 0 aliphatic carbocycles. The van der Waals surface area contributed by atoms with Gasteiger partial charge in [-0.1, -0.05) is 0 Å². The summed E-state index contributed by atoms with van der Waals surface area (Å²) in [5.41, 5.74) is -0.0820. The topological polar surface area (TPSA) is 29.1 Å². The summed E-state index contributed by atoms with van der Waals surface area (Å²) >= 11 is 0. The van der Waals surface area contributed by atoms with Crippen molar-refractivity contribution in [2.24, 2.45) is 0 Å². The van der Waals surface area contributed by atoms with E-state index in [1.807, 2.05) is 5.32 Å².